The molecule has 792 valence electrons. The smallest absolute Gasteiger partial charge is 0.451 e. The van der Waals surface area contributed by atoms with Gasteiger partial charge < -0.3 is 179 Å². The number of ketones is 1. The maximum Gasteiger partial charge on any atom is 2.00 e. The fourth-order valence-electron chi connectivity index (χ4n) is 14.4. The number of nitrogen functional groups attached to an aromatic ring is 1. The van der Waals surface area contributed by atoms with E-state index >= 15 is 0 Å². The molecule has 0 bridgehead atoms. The molecule has 11 aromatic heterocycles. The maximum absolute atomic E-state index is 11.7. The van der Waals surface area contributed by atoms with Gasteiger partial charge in [-0.1, -0.05) is 24.8 Å². The van der Waals surface area contributed by atoms with Crippen LogP contribution in [0.5, 0.6) is 0 Å². The molecule has 69 nitrogen and oxygen atoms in total. The maximum atomic E-state index is 11.7. The third kappa shape index (κ3) is 28.7. The summed E-state index contributed by atoms with van der Waals surface area (Å²) in [4.78, 5) is 172. The van der Waals surface area contributed by atoms with Gasteiger partial charge in [-0.3, -0.25) is 67.1 Å². The van der Waals surface area contributed by atoms with Gasteiger partial charge in [0.15, 0.2) is 76.5 Å². The molecule has 6 aliphatic rings. The molecule has 22 atom stereocenters. The molecule has 145 heavy (non-hydrogen) atoms. The molecule has 0 aromatic carbocycles. The van der Waals surface area contributed by atoms with Crippen LogP contribution in [-0.4, -0.2) is 381 Å². The minimum Gasteiger partial charge on any atom is -0.451 e. The van der Waals surface area contributed by atoms with E-state index in [1.54, 1.807) is 46.4 Å². The molecule has 0 aliphatic carbocycles. The number of halogens is 1. The Morgan fingerprint density at radius 3 is 1.37 bits per heavy atom. The van der Waals surface area contributed by atoms with Crippen LogP contribution in [0.4, 0.5) is 29.0 Å². The van der Waals surface area contributed by atoms with Crippen LogP contribution in [0.3, 0.4) is 0 Å². The van der Waals surface area contributed by atoms with Crippen molar-refractivity contribution >= 4 is 155 Å². The van der Waals surface area contributed by atoms with Gasteiger partial charge in [-0.25, -0.2) is 82.2 Å². The summed E-state index contributed by atoms with van der Waals surface area (Å²) in [6, 6.07) is 4.76. The monoisotopic (exact) mass is 2420 g/mol. The number of aliphatic hydroxyl groups is 12. The van der Waals surface area contributed by atoms with Crippen molar-refractivity contribution in [3.63, 3.8) is 0 Å². The van der Waals surface area contributed by atoms with E-state index in [1.165, 1.54) is 96.6 Å². The quantitative estimate of drug-likeness (QED) is 0.00658. The Bertz CT molecular complexity index is 6830. The van der Waals surface area contributed by atoms with E-state index < -0.39 is 221 Å². The van der Waals surface area contributed by atoms with Crippen LogP contribution in [0.25, 0.3) is 66.3 Å². The van der Waals surface area contributed by atoms with Crippen LogP contribution in [-0.2, 0) is 85.3 Å². The normalized spacial score (nSPS) is 25.7. The topological polar surface area (TPSA) is 1030 Å². The Labute approximate surface area is 837 Å². The minimum atomic E-state index is -4.80. The largest absolute Gasteiger partial charge is 2.00 e. The molecule has 29 N–H and O–H groups in total. The second kappa shape index (κ2) is 48.4. The number of rotatable bonds is 30. The van der Waals surface area contributed by atoms with Crippen molar-refractivity contribution < 1.29 is 234 Å². The first-order valence-corrected chi connectivity index (χ1v) is 50.5. The van der Waals surface area contributed by atoms with Crippen LogP contribution in [0.2, 0.25) is 5.02 Å². The summed E-state index contributed by atoms with van der Waals surface area (Å²) in [5, 5.41) is 138. The minimum absolute atomic E-state index is 0. The molecule has 0 amide bonds. The number of azide groups is 1. The second-order valence-electron chi connectivity index (χ2n) is 30.9. The SMILES string of the molecule is CNc1ccnc2c1ncn2[C@@H]1O[C@H](COP(=O)(O)O)[C@@H](O)[C@H]1O.CNc1nc(C)nc2c1ncn2[CH-][C@H](O)[C@H](O)[CH-]COP(=O)(O)O.Cn1cnc2c(ncn2[C@@H]2O[C@H](COP(=O)(O)O)[C@@H](O)[C@H]2O)c1=N.O=C1CC=Nc2c1ncn2[C@@H]1O[C@H](COP(=O)(O)O)[C@@H](O)[C@H]1O.O=P(O)(O)OC[C@H]1O[C@@H](n2cnc3c(Cl)ccnc32)[C@H](O)[C@@H]1O.[N-]=[N+]=Nc1nc2c(N)ccnc2n1[C@@H]1O[C@H](COP(=O)(O)O)[C@@H](O)[C@H]1O.[U+2]. The summed E-state index contributed by atoms with van der Waals surface area (Å²) >= 11 is 6.00. The molecular formula is C68H92ClN27O42P6U. The Kier molecular flexibility index (Phi) is 38.9. The van der Waals surface area contributed by atoms with Gasteiger partial charge >= 0.3 is 78.0 Å². The van der Waals surface area contributed by atoms with Gasteiger partial charge in [0.05, 0.1) is 92.2 Å². The Hall–Kier alpha value is -8.79. The third-order valence-corrected chi connectivity index (χ3v) is 24.4. The van der Waals surface area contributed by atoms with E-state index in [0.29, 0.717) is 50.2 Å². The molecule has 5 saturated heterocycles. The number of aryl methyl sites for hydroxylation is 2. The number of nitrogens with one attached hydrogen (secondary N) is 3. The number of nitrogens with two attached hydrogens (primary N) is 1. The number of pyridine rings is 3. The number of Topliss-reactive ketones (excluding diaryl/α,β-unsaturated/α-hetero) is 1. The van der Waals surface area contributed by atoms with Crippen LogP contribution < -0.4 is 21.9 Å². The number of imidazole rings is 6. The predicted octanol–water partition coefficient (Wildman–Crippen LogP) is -5.20. The van der Waals surface area contributed by atoms with E-state index in [-0.39, 0.29) is 94.3 Å². The standard InChI is InChI=1S/C12H18N5O6P.C12H17N4O7P.C11H13ClN3O7P.C11H14N7O7P.C11H16N5O7P.C11H14N3O8P.U/c1-7-15-11(13-2)10-12(16-7)17(6-14-10)5-9(19)8(18)3-4-23-24(20,21)22;1-13-6-2-3-14-11-8(6)15-5-16(11)12-10(18)9(17)7(23-12)4-22-24(19,20)21;12-5-1-2-13-10-7(5)14-4-15(10)11-9(17)8(16)6(22-11)3-21-23(18,19)20;12-4-1-2-14-9-6(4)15-11(16-17-13)18(9)10-8(20)7(19)5(25-10)3-24-26(21,22)23;1-15-3-14-10-6(9(15)12)13-4-16(10)11-8(18)7(17)5(23-11)2-22-24(19,20)21;15-5-1-2-12-10-7(5)13-4-14(10)11-9(17)8(16)6(22-11)3-21-23(18,19)20;/h3,5-6,8-9,18-19H,4H2,1-2H3,(H,13,15,16)(H2,20,21,22);2-3,5,7,9-10,12,17-18H,4H2,1H3,(H,13,14)(H2,19,20,21);1-2,4,6,8-9,11,16-17H,3H2,(H2,18,19,20);1-2,5,7-8,10,19-20H,3H2,(H2,12,14)(H2,21,22,23);3-5,7-8,11-12,17-18H,2H2,1H3,(H2,19,20,21);2,4,6,8-9,11,16-17H,1,3H2,(H2,18,19,20);/q-2;;;;;;+2/t8-,9+;7-,9-,10-,12-;6-,8-,9-,11-;5-,7-,8-,10-;5-,7-,8-,11-;6-,8-,9-,11-;/m111111./s1. The molecule has 17 heterocycles. The number of phosphoric ester groups is 6. The number of fused-ring (bicyclic) bond motifs is 6. The van der Waals surface area contributed by atoms with Gasteiger partial charge in [0.25, 0.3) is 0 Å². The average Bonchev–Trinajstić information content (AvgIpc) is 1.61. The molecule has 0 saturated carbocycles. The zero-order chi connectivity index (χ0) is 106. The van der Waals surface area contributed by atoms with E-state index in [2.05, 4.69) is 113 Å². The molecular weight excluding hydrogens is 2330 g/mol. The van der Waals surface area contributed by atoms with Crippen molar-refractivity contribution in [3.8, 4) is 0 Å². The molecule has 77 heteroatoms. The van der Waals surface area contributed by atoms with E-state index in [9.17, 15) is 93.5 Å². The van der Waals surface area contributed by atoms with E-state index in [1.807, 2.05) is 0 Å². The summed E-state index contributed by atoms with van der Waals surface area (Å²) in [7, 11) is -23.2. The first kappa shape index (κ1) is 116. The number of carbonyl (C=O) groups is 1. The number of anilines is 3. The first-order valence-electron chi connectivity index (χ1n) is 40.9. The Morgan fingerprint density at radius 2 is 0.910 bits per heavy atom. The van der Waals surface area contributed by atoms with Gasteiger partial charge in [-0.05, 0) is 48.2 Å². The number of carbonyl (C=O) groups excluding carboxylic acids is 1. The number of aliphatic hydroxyl groups excluding tert-OH is 12. The molecule has 17 rings (SSSR count). The number of ether oxygens (including phenoxy) is 5. The van der Waals surface area contributed by atoms with Crippen molar-refractivity contribution in [2.75, 3.05) is 70.1 Å². The van der Waals surface area contributed by atoms with Crippen molar-refractivity contribution in [1.82, 2.24) is 91.8 Å². The van der Waals surface area contributed by atoms with Gasteiger partial charge in [0.2, 0.25) is 5.95 Å². The summed E-state index contributed by atoms with van der Waals surface area (Å²) in [6.07, 6.45) is -13.4. The summed E-state index contributed by atoms with van der Waals surface area (Å²) in [6.45, 7) is -0.601. The molecule has 0 unspecified atom stereocenters. The summed E-state index contributed by atoms with van der Waals surface area (Å²) < 4.78 is 127. The van der Waals surface area contributed by atoms with Crippen molar-refractivity contribution in [2.24, 2.45) is 17.2 Å². The number of phosphoric acid groups is 6. The average molecular weight is 2420 g/mol. The van der Waals surface area contributed by atoms with Crippen molar-refractivity contribution in [2.45, 2.75) is 148 Å². The van der Waals surface area contributed by atoms with Gasteiger partial charge in [-0.2, -0.15) is 0 Å². The number of aliphatic imine (C=N–C) groups is 1. The van der Waals surface area contributed by atoms with Gasteiger partial charge in [0.1, 0.15) is 125 Å². The first-order chi connectivity index (χ1) is 67.5. The molecule has 0 spiro atoms. The zero-order valence-corrected chi connectivity index (χ0v) is 84.6. The predicted molar refractivity (Wildman–Crippen MR) is 475 cm³/mol. The zero-order valence-electron chi connectivity index (χ0n) is 74.3. The number of hydrogen-bond acceptors (Lipinski definition) is 48. The van der Waals surface area contributed by atoms with Gasteiger partial charge in [0, 0.05) is 63.4 Å². The number of nitrogens with zero attached hydrogens (tertiary/aromatic N) is 23. The summed E-state index contributed by atoms with van der Waals surface area (Å²) in [5.74, 6) is 0.762. The molecule has 5 fully saturated rings. The molecule has 0 radical (unpaired) electrons. The van der Waals surface area contributed by atoms with Gasteiger partial charge in [-0.15, -0.1) is 0 Å². The summed E-state index contributed by atoms with van der Waals surface area (Å²) in [5.41, 5.74) is 19.2. The van der Waals surface area contributed by atoms with Crippen LogP contribution >= 0.6 is 58.5 Å². The Morgan fingerprint density at radius 1 is 0.503 bits per heavy atom. The van der Waals surface area contributed by atoms with Crippen LogP contribution in [0.1, 0.15) is 53.9 Å². The third-order valence-electron chi connectivity index (χ3n) is 21.2. The fourth-order valence-corrected chi connectivity index (χ4v) is 16.6. The second-order valence-corrected chi connectivity index (χ2v) is 38.7. The Balaban J connectivity index is 0.000000166. The van der Waals surface area contributed by atoms with E-state index in [0.717, 1.165) is 16.7 Å². The molecule has 11 aromatic rings. The number of hydrogen-bond donors (Lipinski definition) is 28. The molecule has 6 aliphatic heterocycles. The van der Waals surface area contributed by atoms with Crippen molar-refractivity contribution in [3.05, 3.63) is 120 Å². The van der Waals surface area contributed by atoms with Crippen LogP contribution in [0.15, 0.2) is 84.9 Å². The van der Waals surface area contributed by atoms with Crippen molar-refractivity contribution in [1.29, 1.82) is 5.41 Å². The number of aromatic nitrogens is 19. The van der Waals surface area contributed by atoms with Crippen LogP contribution in [0, 0.1) is 56.4 Å². The van der Waals surface area contributed by atoms with E-state index in [4.69, 9.17) is 111 Å². The fraction of sp³-hybridized carbons (Fsp3) is 0.485.